The molecule has 0 radical (unpaired) electrons. The molecule has 1 aromatic carbocycles. The Bertz CT molecular complexity index is 808. The number of nitrogens with zero attached hydrogens (tertiary/aromatic N) is 1. The first-order chi connectivity index (χ1) is 11.7. The van der Waals surface area contributed by atoms with Crippen molar-refractivity contribution >= 4 is 25.7 Å². The van der Waals surface area contributed by atoms with E-state index in [1.165, 1.54) is 36.5 Å². The lowest BCUT2D eigenvalue weighted by Crippen LogP contribution is -2.47. The lowest BCUT2D eigenvalue weighted by atomic mass is 10.1. The van der Waals surface area contributed by atoms with E-state index in [1.54, 1.807) is 7.05 Å². The molecular weight excluding hydrogens is 366 g/mol. The lowest BCUT2D eigenvalue weighted by molar-refractivity contribution is 0.293. The molecule has 10 heteroatoms. The van der Waals surface area contributed by atoms with E-state index in [9.17, 15) is 16.8 Å². The number of benzene rings is 1. The fraction of sp³-hybridized carbons (Fsp3) is 0.600. The molecular formula is C15H25N3O5S2. The standard InChI is InChI=1S/C15H25N3O5S2/c1-4-24(19,20)17-14-10-13(23-3)7-8-15(14)25(21,22)18-9-5-6-12(11-18)16-2/h7-8,10,12,16-17H,4-6,9,11H2,1-3H3. The zero-order valence-corrected chi connectivity index (χ0v) is 16.3. The highest BCUT2D eigenvalue weighted by atomic mass is 32.2. The maximum Gasteiger partial charge on any atom is 0.245 e. The minimum Gasteiger partial charge on any atom is -0.497 e. The number of nitrogens with one attached hydrogen (secondary N) is 2. The third-order valence-electron chi connectivity index (χ3n) is 4.24. The molecule has 1 saturated heterocycles. The quantitative estimate of drug-likeness (QED) is 0.713. The molecule has 0 saturated carbocycles. The molecule has 8 nitrogen and oxygen atoms in total. The molecule has 0 aromatic heterocycles. The lowest BCUT2D eigenvalue weighted by Gasteiger charge is -2.32. The highest BCUT2D eigenvalue weighted by Crippen LogP contribution is 2.31. The second kappa shape index (κ2) is 7.90. The summed E-state index contributed by atoms with van der Waals surface area (Å²) >= 11 is 0. The number of ether oxygens (including phenoxy) is 1. The van der Waals surface area contributed by atoms with Crippen molar-refractivity contribution in [1.82, 2.24) is 9.62 Å². The minimum absolute atomic E-state index is 0.00720. The Balaban J connectivity index is 2.45. The van der Waals surface area contributed by atoms with Gasteiger partial charge in [-0.15, -0.1) is 0 Å². The summed E-state index contributed by atoms with van der Waals surface area (Å²) in [5.41, 5.74) is 0.00720. The van der Waals surface area contributed by atoms with E-state index < -0.39 is 20.0 Å². The first kappa shape index (κ1) is 20.0. The van der Waals surface area contributed by atoms with Crippen LogP contribution in [-0.2, 0) is 20.0 Å². The van der Waals surface area contributed by atoms with Gasteiger partial charge in [-0.3, -0.25) is 4.72 Å². The molecule has 142 valence electrons. The van der Waals surface area contributed by atoms with Crippen molar-refractivity contribution in [3.63, 3.8) is 0 Å². The molecule has 1 aromatic rings. The zero-order valence-electron chi connectivity index (χ0n) is 14.6. The van der Waals surface area contributed by atoms with E-state index in [0.717, 1.165) is 12.8 Å². The third-order valence-corrected chi connectivity index (χ3v) is 7.46. The smallest absolute Gasteiger partial charge is 0.245 e. The highest BCUT2D eigenvalue weighted by molar-refractivity contribution is 7.93. The van der Waals surface area contributed by atoms with Gasteiger partial charge in [0.25, 0.3) is 0 Å². The van der Waals surface area contributed by atoms with Crippen LogP contribution in [-0.4, -0.2) is 60.2 Å². The Morgan fingerprint density at radius 1 is 1.28 bits per heavy atom. The van der Waals surface area contributed by atoms with E-state index in [2.05, 4.69) is 10.0 Å². The largest absolute Gasteiger partial charge is 0.497 e. The van der Waals surface area contributed by atoms with Crippen molar-refractivity contribution in [1.29, 1.82) is 0 Å². The average molecular weight is 392 g/mol. The summed E-state index contributed by atoms with van der Waals surface area (Å²) in [7, 11) is -4.22. The van der Waals surface area contributed by atoms with Gasteiger partial charge in [0.15, 0.2) is 0 Å². The van der Waals surface area contributed by atoms with Crippen LogP contribution in [0.25, 0.3) is 0 Å². The molecule has 1 aliphatic heterocycles. The van der Waals surface area contributed by atoms with Crippen LogP contribution in [0, 0.1) is 0 Å². The third kappa shape index (κ3) is 4.63. The first-order valence-electron chi connectivity index (χ1n) is 8.09. The highest BCUT2D eigenvalue weighted by Gasteiger charge is 2.32. The van der Waals surface area contributed by atoms with Gasteiger partial charge in [0.05, 0.1) is 18.6 Å². The van der Waals surface area contributed by atoms with Crippen molar-refractivity contribution < 1.29 is 21.6 Å². The number of sulfonamides is 2. The second-order valence-electron chi connectivity index (χ2n) is 5.86. The number of likely N-dealkylation sites (N-methyl/N-ethyl adjacent to an activating group) is 1. The normalized spacial score (nSPS) is 19.6. The minimum atomic E-state index is -3.83. The van der Waals surface area contributed by atoms with Crippen molar-refractivity contribution in [3.8, 4) is 5.75 Å². The summed E-state index contributed by atoms with van der Waals surface area (Å²) in [6.45, 7) is 2.25. The number of hydrogen-bond donors (Lipinski definition) is 2. The Labute approximate surface area is 149 Å². The van der Waals surface area contributed by atoms with Gasteiger partial charge < -0.3 is 10.1 Å². The molecule has 1 fully saturated rings. The van der Waals surface area contributed by atoms with Gasteiger partial charge in [-0.25, -0.2) is 16.8 Å². The topological polar surface area (TPSA) is 105 Å². The van der Waals surface area contributed by atoms with E-state index in [-0.39, 0.29) is 22.4 Å². The molecule has 0 spiro atoms. The summed E-state index contributed by atoms with van der Waals surface area (Å²) in [5.74, 6) is 0.217. The Kier molecular flexibility index (Phi) is 6.30. The molecule has 1 atom stereocenters. The number of rotatable bonds is 7. The summed E-state index contributed by atoms with van der Waals surface area (Å²) in [4.78, 5) is -0.0675. The van der Waals surface area contributed by atoms with E-state index in [1.807, 2.05) is 0 Å². The van der Waals surface area contributed by atoms with Crippen LogP contribution in [0.2, 0.25) is 0 Å². The fourth-order valence-electron chi connectivity index (χ4n) is 2.72. The molecule has 0 aliphatic carbocycles. The fourth-order valence-corrected chi connectivity index (χ4v) is 5.08. The molecule has 0 amide bonds. The van der Waals surface area contributed by atoms with Crippen LogP contribution in [0.5, 0.6) is 5.75 Å². The maximum atomic E-state index is 13.1. The summed E-state index contributed by atoms with van der Waals surface area (Å²) in [6.07, 6.45) is 1.65. The number of methoxy groups -OCH3 is 1. The molecule has 1 heterocycles. The van der Waals surface area contributed by atoms with Crippen LogP contribution in [0.1, 0.15) is 19.8 Å². The Morgan fingerprint density at radius 3 is 2.60 bits per heavy atom. The van der Waals surface area contributed by atoms with Gasteiger partial charge in [0, 0.05) is 25.2 Å². The van der Waals surface area contributed by atoms with E-state index >= 15 is 0 Å². The van der Waals surface area contributed by atoms with Crippen LogP contribution >= 0.6 is 0 Å². The number of piperidine rings is 1. The molecule has 2 rings (SSSR count). The van der Waals surface area contributed by atoms with Crippen molar-refractivity contribution in [2.24, 2.45) is 0 Å². The van der Waals surface area contributed by atoms with Crippen molar-refractivity contribution in [3.05, 3.63) is 18.2 Å². The molecule has 1 aliphatic rings. The SMILES string of the molecule is CCS(=O)(=O)Nc1cc(OC)ccc1S(=O)(=O)N1CCCC(NC)C1. The predicted octanol–water partition coefficient (Wildman–Crippen LogP) is 0.829. The zero-order chi connectivity index (χ0) is 18.7. The summed E-state index contributed by atoms with van der Waals surface area (Å²) in [6, 6.07) is 4.36. The van der Waals surface area contributed by atoms with Gasteiger partial charge in [-0.2, -0.15) is 4.31 Å². The van der Waals surface area contributed by atoms with Crippen LogP contribution < -0.4 is 14.8 Å². The number of hydrogen-bond acceptors (Lipinski definition) is 6. The van der Waals surface area contributed by atoms with Crippen LogP contribution in [0.15, 0.2) is 23.1 Å². The maximum absolute atomic E-state index is 13.1. The summed E-state index contributed by atoms with van der Waals surface area (Å²) < 4.78 is 58.9. The Morgan fingerprint density at radius 2 is 2.00 bits per heavy atom. The van der Waals surface area contributed by atoms with E-state index in [4.69, 9.17) is 4.74 Å². The van der Waals surface area contributed by atoms with Gasteiger partial charge in [0.1, 0.15) is 10.6 Å². The van der Waals surface area contributed by atoms with Crippen LogP contribution in [0.4, 0.5) is 5.69 Å². The van der Waals surface area contributed by atoms with Gasteiger partial charge >= 0.3 is 0 Å². The van der Waals surface area contributed by atoms with Gasteiger partial charge in [-0.1, -0.05) is 0 Å². The molecule has 2 N–H and O–H groups in total. The molecule has 1 unspecified atom stereocenters. The van der Waals surface area contributed by atoms with Gasteiger partial charge in [-0.05, 0) is 38.9 Å². The monoisotopic (exact) mass is 391 g/mol. The van der Waals surface area contributed by atoms with Crippen LogP contribution in [0.3, 0.4) is 0 Å². The summed E-state index contributed by atoms with van der Waals surface area (Å²) in [5, 5.41) is 3.10. The second-order valence-corrected chi connectivity index (χ2v) is 9.78. The molecule has 0 bridgehead atoms. The van der Waals surface area contributed by atoms with Gasteiger partial charge in [0.2, 0.25) is 20.0 Å². The first-order valence-corrected chi connectivity index (χ1v) is 11.2. The van der Waals surface area contributed by atoms with E-state index in [0.29, 0.717) is 18.8 Å². The Hall–Kier alpha value is -1.36. The van der Waals surface area contributed by atoms with Crippen molar-refractivity contribution in [2.75, 3.05) is 37.7 Å². The van der Waals surface area contributed by atoms with Crippen molar-refractivity contribution in [2.45, 2.75) is 30.7 Å². The number of anilines is 1. The average Bonchev–Trinajstić information content (AvgIpc) is 2.61. The molecule has 25 heavy (non-hydrogen) atoms. The predicted molar refractivity (Wildman–Crippen MR) is 96.9 cm³/mol.